The van der Waals surface area contributed by atoms with Crippen LogP contribution in [0.2, 0.25) is 0 Å². The fraction of sp³-hybridized carbons (Fsp3) is 0.400. The lowest BCUT2D eigenvalue weighted by Gasteiger charge is -2.14. The molecule has 3 rings (SSSR count). The lowest BCUT2D eigenvalue weighted by Crippen LogP contribution is -2.36. The van der Waals surface area contributed by atoms with Gasteiger partial charge in [0.15, 0.2) is 11.4 Å². The Balaban J connectivity index is 1.73. The van der Waals surface area contributed by atoms with E-state index in [0.717, 1.165) is 19.6 Å². The normalized spacial score (nSPS) is 15.3. The zero-order valence-electron chi connectivity index (χ0n) is 12.2. The predicted octanol–water partition coefficient (Wildman–Crippen LogP) is 0.226. The van der Waals surface area contributed by atoms with Crippen LogP contribution in [0.15, 0.2) is 29.3 Å². The molecule has 3 heterocycles. The van der Waals surface area contributed by atoms with E-state index in [2.05, 4.69) is 15.2 Å². The minimum atomic E-state index is -0.487. The van der Waals surface area contributed by atoms with Crippen LogP contribution in [0, 0.1) is 0 Å². The second kappa shape index (κ2) is 6.15. The van der Waals surface area contributed by atoms with Gasteiger partial charge in [-0.1, -0.05) is 0 Å². The molecule has 1 fully saturated rings. The molecule has 22 heavy (non-hydrogen) atoms. The highest BCUT2D eigenvalue weighted by Crippen LogP contribution is 2.12. The fourth-order valence-corrected chi connectivity index (χ4v) is 2.68. The van der Waals surface area contributed by atoms with Crippen molar-refractivity contribution in [3.8, 4) is 5.75 Å². The number of fused-ring (bicyclic) bond motifs is 1. The van der Waals surface area contributed by atoms with Crippen molar-refractivity contribution in [3.63, 3.8) is 0 Å². The summed E-state index contributed by atoms with van der Waals surface area (Å²) in [4.78, 5) is 30.7. The van der Waals surface area contributed by atoms with Gasteiger partial charge in [0, 0.05) is 25.5 Å². The van der Waals surface area contributed by atoms with Crippen molar-refractivity contribution in [2.45, 2.75) is 12.8 Å². The molecular weight excluding hydrogens is 284 g/mol. The zero-order valence-corrected chi connectivity index (χ0v) is 12.2. The second-order valence-electron chi connectivity index (χ2n) is 5.37. The Hall–Kier alpha value is -2.41. The molecule has 2 aromatic heterocycles. The maximum Gasteiger partial charge on any atom is 0.270 e. The number of rotatable bonds is 4. The average molecular weight is 302 g/mol. The molecule has 1 aliphatic heterocycles. The van der Waals surface area contributed by atoms with E-state index < -0.39 is 11.5 Å². The van der Waals surface area contributed by atoms with Gasteiger partial charge in [0.2, 0.25) is 0 Å². The molecule has 0 aliphatic carbocycles. The molecule has 1 saturated heterocycles. The first-order valence-electron chi connectivity index (χ1n) is 7.37. The largest absolute Gasteiger partial charge is 0.504 e. The molecule has 2 aromatic rings. The van der Waals surface area contributed by atoms with Gasteiger partial charge >= 0.3 is 0 Å². The Morgan fingerprint density at radius 2 is 2.14 bits per heavy atom. The van der Waals surface area contributed by atoms with Crippen LogP contribution < -0.4 is 10.9 Å². The number of carbonyl (C=O) groups is 1. The van der Waals surface area contributed by atoms with Gasteiger partial charge in [0.1, 0.15) is 5.56 Å². The van der Waals surface area contributed by atoms with E-state index in [1.165, 1.54) is 41.8 Å². The van der Waals surface area contributed by atoms with E-state index >= 15 is 0 Å². The monoisotopic (exact) mass is 302 g/mol. The standard InChI is InChI=1S/C15H18N4O3/c20-12-4-3-8-19-13(12)17-10-11(15(19)22)14(21)16-5-9-18-6-1-2-7-18/h3-4,8,10,20H,1-2,5-7,9H2,(H,16,21). The average Bonchev–Trinajstić information content (AvgIpc) is 3.02. The lowest BCUT2D eigenvalue weighted by molar-refractivity contribution is 0.0947. The number of amides is 1. The molecule has 2 N–H and O–H groups in total. The Morgan fingerprint density at radius 3 is 2.91 bits per heavy atom. The quantitative estimate of drug-likeness (QED) is 0.844. The molecule has 0 bridgehead atoms. The van der Waals surface area contributed by atoms with E-state index in [4.69, 9.17) is 0 Å². The summed E-state index contributed by atoms with van der Waals surface area (Å²) >= 11 is 0. The molecule has 1 amide bonds. The van der Waals surface area contributed by atoms with Gasteiger partial charge in [-0.25, -0.2) is 4.98 Å². The zero-order chi connectivity index (χ0) is 15.5. The van der Waals surface area contributed by atoms with E-state index in [1.54, 1.807) is 0 Å². The van der Waals surface area contributed by atoms with Crippen LogP contribution >= 0.6 is 0 Å². The van der Waals surface area contributed by atoms with Gasteiger partial charge in [-0.2, -0.15) is 0 Å². The van der Waals surface area contributed by atoms with Crippen LogP contribution in [0.5, 0.6) is 5.75 Å². The first-order chi connectivity index (χ1) is 10.7. The number of nitrogens with one attached hydrogen (secondary N) is 1. The summed E-state index contributed by atoms with van der Waals surface area (Å²) in [6.07, 6.45) is 5.09. The molecule has 0 spiro atoms. The van der Waals surface area contributed by atoms with Crippen molar-refractivity contribution < 1.29 is 9.90 Å². The van der Waals surface area contributed by atoms with Crippen LogP contribution in [0.4, 0.5) is 0 Å². The number of pyridine rings is 1. The minimum absolute atomic E-state index is 0.0236. The Morgan fingerprint density at radius 1 is 1.36 bits per heavy atom. The summed E-state index contributed by atoms with van der Waals surface area (Å²) < 4.78 is 1.17. The summed E-state index contributed by atoms with van der Waals surface area (Å²) in [6, 6.07) is 2.97. The van der Waals surface area contributed by atoms with Gasteiger partial charge in [-0.05, 0) is 38.1 Å². The van der Waals surface area contributed by atoms with Gasteiger partial charge in [0.05, 0.1) is 0 Å². The summed E-state index contributed by atoms with van der Waals surface area (Å²) in [7, 11) is 0. The number of likely N-dealkylation sites (tertiary alicyclic amines) is 1. The van der Waals surface area contributed by atoms with Gasteiger partial charge < -0.3 is 15.3 Å². The number of hydrogen-bond donors (Lipinski definition) is 2. The third-order valence-corrected chi connectivity index (χ3v) is 3.87. The third-order valence-electron chi connectivity index (χ3n) is 3.87. The van der Waals surface area contributed by atoms with Gasteiger partial charge in [0.25, 0.3) is 11.5 Å². The van der Waals surface area contributed by atoms with Crippen molar-refractivity contribution >= 4 is 11.6 Å². The van der Waals surface area contributed by atoms with Crippen molar-refractivity contribution in [2.75, 3.05) is 26.2 Å². The molecule has 116 valence electrons. The van der Waals surface area contributed by atoms with Crippen molar-refractivity contribution in [1.82, 2.24) is 19.6 Å². The molecule has 7 heteroatoms. The van der Waals surface area contributed by atoms with E-state index in [0.29, 0.717) is 6.54 Å². The van der Waals surface area contributed by atoms with Crippen molar-refractivity contribution in [1.29, 1.82) is 0 Å². The number of aromatic nitrogens is 2. The molecule has 0 unspecified atom stereocenters. The SMILES string of the molecule is O=C(NCCN1CCCC1)c1cnc2c(O)cccn2c1=O. The van der Waals surface area contributed by atoms with Crippen molar-refractivity contribution in [3.05, 3.63) is 40.4 Å². The summed E-state index contributed by atoms with van der Waals surface area (Å²) in [5, 5.41) is 12.4. The molecule has 1 aliphatic rings. The highest BCUT2D eigenvalue weighted by Gasteiger charge is 2.15. The topological polar surface area (TPSA) is 86.9 Å². The Labute approximate surface area is 127 Å². The minimum Gasteiger partial charge on any atom is -0.504 e. The molecular formula is C15H18N4O3. The van der Waals surface area contributed by atoms with Gasteiger partial charge in [-0.3, -0.25) is 14.0 Å². The van der Waals surface area contributed by atoms with Crippen molar-refractivity contribution in [2.24, 2.45) is 0 Å². The first kappa shape index (κ1) is 14.5. The van der Waals surface area contributed by atoms with Gasteiger partial charge in [-0.15, -0.1) is 0 Å². The van der Waals surface area contributed by atoms with Crippen LogP contribution in [-0.2, 0) is 0 Å². The van der Waals surface area contributed by atoms with E-state index in [1.807, 2.05) is 0 Å². The predicted molar refractivity (Wildman–Crippen MR) is 81.1 cm³/mol. The molecule has 0 radical (unpaired) electrons. The number of carbonyl (C=O) groups excluding carboxylic acids is 1. The number of aromatic hydroxyl groups is 1. The number of hydrogen-bond acceptors (Lipinski definition) is 5. The highest BCUT2D eigenvalue weighted by molar-refractivity contribution is 5.93. The first-order valence-corrected chi connectivity index (χ1v) is 7.37. The van der Waals surface area contributed by atoms with Crippen LogP contribution in [0.1, 0.15) is 23.2 Å². The summed E-state index contributed by atoms with van der Waals surface area (Å²) in [5.41, 5.74) is -0.370. The lowest BCUT2D eigenvalue weighted by atomic mass is 10.3. The third kappa shape index (κ3) is 2.80. The second-order valence-corrected chi connectivity index (χ2v) is 5.37. The Kier molecular flexibility index (Phi) is 4.06. The Bertz CT molecular complexity index is 750. The molecule has 0 aromatic carbocycles. The highest BCUT2D eigenvalue weighted by atomic mass is 16.3. The van der Waals surface area contributed by atoms with Crippen LogP contribution in [0.25, 0.3) is 5.65 Å². The van der Waals surface area contributed by atoms with Crippen LogP contribution in [0.3, 0.4) is 0 Å². The maximum absolute atomic E-state index is 12.3. The fourth-order valence-electron chi connectivity index (χ4n) is 2.68. The summed E-state index contributed by atoms with van der Waals surface area (Å²) in [6.45, 7) is 3.42. The molecule has 0 saturated carbocycles. The maximum atomic E-state index is 12.3. The van der Waals surface area contributed by atoms with Crippen LogP contribution in [-0.4, -0.2) is 51.5 Å². The summed E-state index contributed by atoms with van der Waals surface area (Å²) in [5.74, 6) is -0.532. The van der Waals surface area contributed by atoms with E-state index in [9.17, 15) is 14.7 Å². The number of nitrogens with zero attached hydrogens (tertiary/aromatic N) is 3. The van der Waals surface area contributed by atoms with E-state index in [-0.39, 0.29) is 17.0 Å². The molecule has 0 atom stereocenters. The smallest absolute Gasteiger partial charge is 0.270 e. The molecule has 7 nitrogen and oxygen atoms in total.